The number of nitrogens with one attached hydrogen (secondary N) is 1. The minimum Gasteiger partial charge on any atom is -0.377 e. The third-order valence-electron chi connectivity index (χ3n) is 4.41. The molecule has 1 aliphatic carbocycles. The van der Waals surface area contributed by atoms with E-state index in [2.05, 4.69) is 35.1 Å². The third kappa shape index (κ3) is 2.26. The van der Waals surface area contributed by atoms with E-state index in [4.69, 9.17) is 4.74 Å². The van der Waals surface area contributed by atoms with Gasteiger partial charge in [-0.1, -0.05) is 13.8 Å². The van der Waals surface area contributed by atoms with Crippen LogP contribution in [0, 0.1) is 11.3 Å². The summed E-state index contributed by atoms with van der Waals surface area (Å²) < 4.78 is 6.82. The van der Waals surface area contributed by atoms with Crippen LogP contribution in [0.3, 0.4) is 0 Å². The molecule has 1 amide bonds. The molecule has 1 aromatic rings. The van der Waals surface area contributed by atoms with Gasteiger partial charge < -0.3 is 10.1 Å². The number of thiophene rings is 1. The number of fused-ring (bicyclic) bond motifs is 1. The monoisotopic (exact) mass is 343 g/mol. The number of hydrogen-bond acceptors (Lipinski definition) is 3. The molecule has 0 aromatic carbocycles. The highest BCUT2D eigenvalue weighted by Crippen LogP contribution is 2.51. The van der Waals surface area contributed by atoms with Crippen molar-refractivity contribution in [3.05, 3.63) is 20.8 Å². The first-order valence-electron chi connectivity index (χ1n) is 6.66. The first-order valence-corrected chi connectivity index (χ1v) is 8.34. The summed E-state index contributed by atoms with van der Waals surface area (Å²) >= 11 is 4.86. The van der Waals surface area contributed by atoms with Crippen LogP contribution >= 0.6 is 27.3 Å². The van der Waals surface area contributed by atoms with E-state index in [1.165, 1.54) is 11.3 Å². The summed E-state index contributed by atoms with van der Waals surface area (Å²) in [4.78, 5) is 13.0. The quantitative estimate of drug-likeness (QED) is 0.893. The SMILES string of the molecule is CC1(C)C(NC(=O)c2cc(Br)cs2)C2CCCOC21. The lowest BCUT2D eigenvalue weighted by Crippen LogP contribution is -2.70. The van der Waals surface area contributed by atoms with Gasteiger partial charge in [-0.15, -0.1) is 11.3 Å². The van der Waals surface area contributed by atoms with E-state index in [1.54, 1.807) is 0 Å². The largest absolute Gasteiger partial charge is 0.377 e. The number of rotatable bonds is 2. The van der Waals surface area contributed by atoms with Crippen LogP contribution in [-0.4, -0.2) is 24.7 Å². The van der Waals surface area contributed by atoms with Crippen LogP contribution in [0.15, 0.2) is 15.9 Å². The Bertz CT molecular complexity index is 499. The second-order valence-electron chi connectivity index (χ2n) is 6.00. The first-order chi connectivity index (χ1) is 9.00. The first kappa shape index (κ1) is 13.6. The Morgan fingerprint density at radius 2 is 2.37 bits per heavy atom. The summed E-state index contributed by atoms with van der Waals surface area (Å²) in [5.41, 5.74) is 0.0369. The van der Waals surface area contributed by atoms with Crippen LogP contribution in [0.25, 0.3) is 0 Å². The molecule has 104 valence electrons. The molecule has 1 aliphatic heterocycles. The third-order valence-corrected chi connectivity index (χ3v) is 6.10. The summed E-state index contributed by atoms with van der Waals surface area (Å²) in [6.07, 6.45) is 2.57. The maximum absolute atomic E-state index is 12.3. The molecule has 1 saturated heterocycles. The highest BCUT2D eigenvalue weighted by molar-refractivity contribution is 9.10. The maximum Gasteiger partial charge on any atom is 0.261 e. The molecule has 3 atom stereocenters. The van der Waals surface area contributed by atoms with Crippen molar-refractivity contribution < 1.29 is 9.53 Å². The van der Waals surface area contributed by atoms with E-state index in [9.17, 15) is 4.79 Å². The zero-order valence-corrected chi connectivity index (χ0v) is 13.5. The lowest BCUT2D eigenvalue weighted by atomic mass is 9.55. The molecular formula is C14H18BrNO2S. The minimum atomic E-state index is 0.0369. The van der Waals surface area contributed by atoms with Crippen molar-refractivity contribution >= 4 is 33.2 Å². The van der Waals surface area contributed by atoms with E-state index < -0.39 is 0 Å². The van der Waals surface area contributed by atoms with Crippen molar-refractivity contribution in [3.63, 3.8) is 0 Å². The molecule has 2 heterocycles. The fourth-order valence-electron chi connectivity index (χ4n) is 3.46. The fourth-order valence-corrected chi connectivity index (χ4v) is 4.79. The number of carbonyl (C=O) groups excluding carboxylic acids is 1. The van der Waals surface area contributed by atoms with Crippen LogP contribution in [0.5, 0.6) is 0 Å². The van der Waals surface area contributed by atoms with Gasteiger partial charge >= 0.3 is 0 Å². The Hall–Kier alpha value is -0.390. The van der Waals surface area contributed by atoms with Crippen LogP contribution in [0.2, 0.25) is 0 Å². The predicted molar refractivity (Wildman–Crippen MR) is 79.5 cm³/mol. The summed E-state index contributed by atoms with van der Waals surface area (Å²) in [6, 6.07) is 2.10. The van der Waals surface area contributed by atoms with Crippen molar-refractivity contribution in [3.8, 4) is 0 Å². The second-order valence-corrected chi connectivity index (χ2v) is 7.83. The molecule has 0 bridgehead atoms. The summed E-state index contributed by atoms with van der Waals surface area (Å²) in [5, 5.41) is 5.14. The van der Waals surface area contributed by atoms with Gasteiger partial charge in [-0.25, -0.2) is 0 Å². The average Bonchev–Trinajstić information content (AvgIpc) is 2.82. The van der Waals surface area contributed by atoms with Crippen molar-refractivity contribution in [2.24, 2.45) is 11.3 Å². The Morgan fingerprint density at radius 1 is 1.58 bits per heavy atom. The molecule has 3 unspecified atom stereocenters. The van der Waals surface area contributed by atoms with E-state index in [-0.39, 0.29) is 17.4 Å². The maximum atomic E-state index is 12.3. The zero-order chi connectivity index (χ0) is 13.6. The molecule has 19 heavy (non-hydrogen) atoms. The molecule has 5 heteroatoms. The summed E-state index contributed by atoms with van der Waals surface area (Å²) in [7, 11) is 0. The average molecular weight is 344 g/mol. The molecule has 1 aromatic heterocycles. The van der Waals surface area contributed by atoms with Gasteiger partial charge in [-0.2, -0.15) is 0 Å². The number of amides is 1. The fraction of sp³-hybridized carbons (Fsp3) is 0.643. The summed E-state index contributed by atoms with van der Waals surface area (Å²) in [6.45, 7) is 5.24. The Balaban J connectivity index is 1.71. The van der Waals surface area contributed by atoms with Crippen molar-refractivity contribution in [1.29, 1.82) is 0 Å². The Morgan fingerprint density at radius 3 is 3.05 bits per heavy atom. The molecule has 0 spiro atoms. The normalized spacial score (nSPS) is 32.3. The standard InChI is InChI=1S/C14H18BrNO2S/c1-14(2)11(9-4-3-5-18-12(9)14)16-13(17)10-6-8(15)7-19-10/h6-7,9,11-12H,3-5H2,1-2H3,(H,16,17). The Labute approximate surface area is 125 Å². The van der Waals surface area contributed by atoms with Gasteiger partial charge in [-0.3, -0.25) is 4.79 Å². The number of carbonyl (C=O) groups is 1. The molecule has 0 radical (unpaired) electrons. The molecule has 1 saturated carbocycles. The van der Waals surface area contributed by atoms with Gasteiger partial charge in [0, 0.05) is 33.8 Å². The molecule has 2 fully saturated rings. The topological polar surface area (TPSA) is 38.3 Å². The number of ether oxygens (including phenoxy) is 1. The molecule has 3 rings (SSSR count). The molecular weight excluding hydrogens is 326 g/mol. The zero-order valence-electron chi connectivity index (χ0n) is 11.1. The van der Waals surface area contributed by atoms with Gasteiger partial charge in [0.1, 0.15) is 0 Å². The highest BCUT2D eigenvalue weighted by Gasteiger charge is 2.58. The molecule has 2 aliphatic rings. The predicted octanol–water partition coefficient (Wildman–Crippen LogP) is 3.44. The van der Waals surface area contributed by atoms with Gasteiger partial charge in [0.2, 0.25) is 0 Å². The molecule has 1 N–H and O–H groups in total. The Kier molecular flexibility index (Phi) is 3.48. The van der Waals surface area contributed by atoms with Crippen molar-refractivity contribution in [2.45, 2.75) is 38.8 Å². The number of hydrogen-bond donors (Lipinski definition) is 1. The number of halogens is 1. The van der Waals surface area contributed by atoms with Crippen LogP contribution in [0.1, 0.15) is 36.4 Å². The highest BCUT2D eigenvalue weighted by atomic mass is 79.9. The smallest absolute Gasteiger partial charge is 0.261 e. The van der Waals surface area contributed by atoms with E-state index >= 15 is 0 Å². The lowest BCUT2D eigenvalue weighted by Gasteiger charge is -2.59. The van der Waals surface area contributed by atoms with Gasteiger partial charge in [0.25, 0.3) is 5.91 Å². The van der Waals surface area contributed by atoms with Crippen molar-refractivity contribution in [2.75, 3.05) is 6.61 Å². The summed E-state index contributed by atoms with van der Waals surface area (Å²) in [5.74, 6) is 0.522. The van der Waals surface area contributed by atoms with E-state index in [0.717, 1.165) is 28.8 Å². The lowest BCUT2D eigenvalue weighted by molar-refractivity contribution is -0.189. The van der Waals surface area contributed by atoms with E-state index in [1.807, 2.05) is 11.4 Å². The van der Waals surface area contributed by atoms with Crippen LogP contribution in [0.4, 0.5) is 0 Å². The molecule has 3 nitrogen and oxygen atoms in total. The van der Waals surface area contributed by atoms with Crippen LogP contribution in [-0.2, 0) is 4.74 Å². The minimum absolute atomic E-state index is 0.0369. The second kappa shape index (κ2) is 4.86. The van der Waals surface area contributed by atoms with Gasteiger partial charge in [-0.05, 0) is 34.8 Å². The van der Waals surface area contributed by atoms with Gasteiger partial charge in [0.05, 0.1) is 11.0 Å². The van der Waals surface area contributed by atoms with Crippen LogP contribution < -0.4 is 5.32 Å². The van der Waals surface area contributed by atoms with Gasteiger partial charge in [0.15, 0.2) is 0 Å². The van der Waals surface area contributed by atoms with E-state index in [0.29, 0.717) is 12.0 Å². The van der Waals surface area contributed by atoms with Crippen molar-refractivity contribution in [1.82, 2.24) is 5.32 Å².